The first-order chi connectivity index (χ1) is 19.5. The molecule has 0 spiro atoms. The van der Waals surface area contributed by atoms with E-state index in [2.05, 4.69) is 32.3 Å². The summed E-state index contributed by atoms with van der Waals surface area (Å²) in [5.74, 6) is -1.74. The van der Waals surface area contributed by atoms with E-state index in [9.17, 15) is 19.5 Å². The standard InChI is InChI=1S/C31H30N2O7S/c1-6-13-40-29(37)27-17(2)32-30(41-27)33-24(18-7-10-20(11-8-18)31(3,4)5)23(26(35)28(33)36)25(34)19-9-12-21-22(16-19)39-15-14-38-21/h6-12,16,24,34H,1,13-15H2,2-5H3/t24-/m1/s1. The van der Waals surface area contributed by atoms with Crippen LogP contribution in [0.1, 0.15) is 58.9 Å². The number of aliphatic hydroxyl groups is 1. The first kappa shape index (κ1) is 28.1. The molecule has 1 fully saturated rings. The van der Waals surface area contributed by atoms with Gasteiger partial charge in [-0.05, 0) is 41.7 Å². The fourth-order valence-corrected chi connectivity index (χ4v) is 5.72. The van der Waals surface area contributed by atoms with Crippen molar-refractivity contribution in [2.24, 2.45) is 0 Å². The van der Waals surface area contributed by atoms with Gasteiger partial charge in [0.05, 0.1) is 17.3 Å². The zero-order chi connectivity index (χ0) is 29.5. The van der Waals surface area contributed by atoms with Gasteiger partial charge in [0.25, 0.3) is 5.78 Å². The number of aromatic nitrogens is 1. The van der Waals surface area contributed by atoms with E-state index in [0.29, 0.717) is 41.5 Å². The fraction of sp³-hybridized carbons (Fsp3) is 0.290. The zero-order valence-electron chi connectivity index (χ0n) is 23.2. The molecule has 5 rings (SSSR count). The van der Waals surface area contributed by atoms with Gasteiger partial charge in [0, 0.05) is 5.56 Å². The van der Waals surface area contributed by atoms with E-state index in [0.717, 1.165) is 16.9 Å². The molecule has 3 aromatic rings. The van der Waals surface area contributed by atoms with Gasteiger partial charge in [-0.25, -0.2) is 9.78 Å². The highest BCUT2D eigenvalue weighted by molar-refractivity contribution is 7.17. The van der Waals surface area contributed by atoms with Crippen molar-refractivity contribution >= 4 is 39.9 Å². The highest BCUT2D eigenvalue weighted by Gasteiger charge is 2.48. The number of carbonyl (C=O) groups is 3. The molecule has 0 radical (unpaired) electrons. The maximum absolute atomic E-state index is 13.6. The lowest BCUT2D eigenvalue weighted by Gasteiger charge is -2.25. The van der Waals surface area contributed by atoms with Crippen LogP contribution in [0.2, 0.25) is 0 Å². The third-order valence-corrected chi connectivity index (χ3v) is 8.00. The molecule has 212 valence electrons. The van der Waals surface area contributed by atoms with E-state index >= 15 is 0 Å². The third-order valence-electron chi connectivity index (χ3n) is 6.86. The minimum atomic E-state index is -1.00. The molecule has 2 aliphatic rings. The van der Waals surface area contributed by atoms with E-state index in [1.165, 1.54) is 11.0 Å². The van der Waals surface area contributed by atoms with Crippen molar-refractivity contribution in [1.29, 1.82) is 0 Å². The normalized spacial score (nSPS) is 18.0. The predicted molar refractivity (Wildman–Crippen MR) is 155 cm³/mol. The Balaban J connectivity index is 1.65. The molecule has 2 aliphatic heterocycles. The number of hydrogen-bond donors (Lipinski definition) is 1. The van der Waals surface area contributed by atoms with Crippen molar-refractivity contribution in [3.8, 4) is 11.5 Å². The van der Waals surface area contributed by atoms with Crippen molar-refractivity contribution < 1.29 is 33.7 Å². The molecule has 1 N–H and O–H groups in total. The summed E-state index contributed by atoms with van der Waals surface area (Å²) >= 11 is 0.947. The summed E-state index contributed by atoms with van der Waals surface area (Å²) in [4.78, 5) is 45.7. The van der Waals surface area contributed by atoms with Crippen LogP contribution in [0.3, 0.4) is 0 Å². The van der Waals surface area contributed by atoms with E-state index < -0.39 is 23.7 Å². The van der Waals surface area contributed by atoms with E-state index in [1.807, 2.05) is 24.3 Å². The van der Waals surface area contributed by atoms with Gasteiger partial charge in [-0.1, -0.05) is 69.0 Å². The SMILES string of the molecule is C=CCOC(=O)c1sc(N2C(=O)C(=O)C(=C(O)c3ccc4c(c3)OCCO4)[C@H]2c2ccc(C(C)(C)C)cc2)nc1C. The number of amides is 1. The number of carbonyl (C=O) groups excluding carboxylic acids is 3. The van der Waals surface area contributed by atoms with E-state index in [1.54, 1.807) is 25.1 Å². The molecule has 0 unspecified atom stereocenters. The molecule has 0 bridgehead atoms. The minimum absolute atomic E-state index is 0.0195. The lowest BCUT2D eigenvalue weighted by atomic mass is 9.85. The van der Waals surface area contributed by atoms with Gasteiger partial charge < -0.3 is 19.3 Å². The summed E-state index contributed by atoms with van der Waals surface area (Å²) in [5, 5.41) is 11.7. The number of hydrogen-bond acceptors (Lipinski definition) is 9. The molecular formula is C31H30N2O7S. The molecule has 10 heteroatoms. The second-order valence-electron chi connectivity index (χ2n) is 10.7. The molecule has 0 aliphatic carbocycles. The van der Waals surface area contributed by atoms with Crippen LogP contribution in [0.4, 0.5) is 5.13 Å². The molecule has 41 heavy (non-hydrogen) atoms. The van der Waals surface area contributed by atoms with Gasteiger partial charge in [0.2, 0.25) is 0 Å². The molecule has 0 saturated carbocycles. The van der Waals surface area contributed by atoms with Crippen LogP contribution in [-0.2, 0) is 19.7 Å². The van der Waals surface area contributed by atoms with Crippen LogP contribution in [-0.4, -0.2) is 47.6 Å². The lowest BCUT2D eigenvalue weighted by Crippen LogP contribution is -2.29. The summed E-state index contributed by atoms with van der Waals surface area (Å²) in [7, 11) is 0. The number of ketones is 1. The molecule has 1 amide bonds. The monoisotopic (exact) mass is 574 g/mol. The average Bonchev–Trinajstić information content (AvgIpc) is 3.46. The Morgan fingerprint density at radius 3 is 2.49 bits per heavy atom. The highest BCUT2D eigenvalue weighted by Crippen LogP contribution is 2.45. The van der Waals surface area contributed by atoms with Crippen molar-refractivity contribution in [2.75, 3.05) is 24.7 Å². The van der Waals surface area contributed by atoms with Gasteiger partial charge in [0.15, 0.2) is 16.6 Å². The van der Waals surface area contributed by atoms with Crippen molar-refractivity contribution in [1.82, 2.24) is 4.98 Å². The number of thiazole rings is 1. The maximum atomic E-state index is 13.6. The van der Waals surface area contributed by atoms with E-state index in [-0.39, 0.29) is 33.4 Å². The number of benzene rings is 2. The van der Waals surface area contributed by atoms with Crippen LogP contribution in [0.15, 0.2) is 60.7 Å². The Morgan fingerprint density at radius 2 is 1.83 bits per heavy atom. The summed E-state index contributed by atoms with van der Waals surface area (Å²) < 4.78 is 16.4. The van der Waals surface area contributed by atoms with Crippen LogP contribution in [0.25, 0.3) is 5.76 Å². The second kappa shape index (κ2) is 10.9. The summed E-state index contributed by atoms with van der Waals surface area (Å²) in [5.41, 5.74) is 2.09. The topological polar surface area (TPSA) is 115 Å². The largest absolute Gasteiger partial charge is 0.507 e. The first-order valence-electron chi connectivity index (χ1n) is 13.1. The van der Waals surface area contributed by atoms with Gasteiger partial charge in [-0.3, -0.25) is 14.5 Å². The van der Waals surface area contributed by atoms with Crippen LogP contribution >= 0.6 is 11.3 Å². The Morgan fingerprint density at radius 1 is 1.15 bits per heavy atom. The number of ether oxygens (including phenoxy) is 3. The molecule has 1 atom stereocenters. The Bertz CT molecular complexity index is 1580. The maximum Gasteiger partial charge on any atom is 0.350 e. The third kappa shape index (κ3) is 5.22. The van der Waals surface area contributed by atoms with Gasteiger partial charge >= 0.3 is 11.9 Å². The van der Waals surface area contributed by atoms with Gasteiger partial charge in [-0.15, -0.1) is 0 Å². The quantitative estimate of drug-likeness (QED) is 0.135. The minimum Gasteiger partial charge on any atom is -0.507 e. The predicted octanol–water partition coefficient (Wildman–Crippen LogP) is 5.49. The Kier molecular flexibility index (Phi) is 7.44. The average molecular weight is 575 g/mol. The number of rotatable bonds is 6. The van der Waals surface area contributed by atoms with Crippen LogP contribution < -0.4 is 14.4 Å². The molecular weight excluding hydrogens is 544 g/mol. The molecule has 2 aromatic carbocycles. The second-order valence-corrected chi connectivity index (χ2v) is 11.7. The summed E-state index contributed by atoms with van der Waals surface area (Å²) in [6, 6.07) is 11.4. The highest BCUT2D eigenvalue weighted by atomic mass is 32.1. The lowest BCUT2D eigenvalue weighted by molar-refractivity contribution is -0.132. The Labute approximate surface area is 241 Å². The van der Waals surface area contributed by atoms with E-state index in [4.69, 9.17) is 14.2 Å². The number of anilines is 1. The molecule has 9 nitrogen and oxygen atoms in total. The number of nitrogens with zero attached hydrogens (tertiary/aromatic N) is 2. The number of fused-ring (bicyclic) bond motifs is 1. The number of esters is 1. The molecule has 1 aromatic heterocycles. The number of Topliss-reactive ketones (excluding diaryl/α,β-unsaturated/α-hetero) is 1. The van der Waals surface area contributed by atoms with Crippen molar-refractivity contribution in [3.63, 3.8) is 0 Å². The fourth-order valence-electron chi connectivity index (χ4n) is 4.73. The summed E-state index contributed by atoms with van der Waals surface area (Å²) in [6.45, 7) is 12.2. The Hall–Kier alpha value is -4.44. The van der Waals surface area contributed by atoms with Crippen LogP contribution in [0, 0.1) is 6.92 Å². The van der Waals surface area contributed by atoms with Crippen molar-refractivity contribution in [2.45, 2.75) is 39.2 Å². The first-order valence-corrected chi connectivity index (χ1v) is 13.9. The summed E-state index contributed by atoms with van der Waals surface area (Å²) in [6.07, 6.45) is 1.45. The molecule has 1 saturated heterocycles. The number of aliphatic hydroxyl groups excluding tert-OH is 1. The molecule has 3 heterocycles. The van der Waals surface area contributed by atoms with Gasteiger partial charge in [-0.2, -0.15) is 0 Å². The zero-order valence-corrected chi connectivity index (χ0v) is 24.0. The smallest absolute Gasteiger partial charge is 0.350 e. The van der Waals surface area contributed by atoms with Gasteiger partial charge in [0.1, 0.15) is 30.5 Å². The van der Waals surface area contributed by atoms with Crippen LogP contribution in [0.5, 0.6) is 11.5 Å². The number of aryl methyl sites for hydroxylation is 1. The van der Waals surface area contributed by atoms with Crippen molar-refractivity contribution in [3.05, 3.63) is 88.0 Å².